The molecule has 0 saturated heterocycles. The summed E-state index contributed by atoms with van der Waals surface area (Å²) in [7, 11) is 1.89. The second-order valence-corrected chi connectivity index (χ2v) is 8.44. The van der Waals surface area contributed by atoms with E-state index in [1.807, 2.05) is 17.8 Å². The van der Waals surface area contributed by atoms with Crippen LogP contribution >= 0.6 is 0 Å². The highest BCUT2D eigenvalue weighted by Gasteiger charge is 2.36. The van der Waals surface area contributed by atoms with Crippen LogP contribution in [0.4, 0.5) is 0 Å². The molecule has 0 radical (unpaired) electrons. The van der Waals surface area contributed by atoms with Crippen molar-refractivity contribution in [2.24, 2.45) is 13.0 Å². The number of hydrogen-bond donors (Lipinski definition) is 2. The van der Waals surface area contributed by atoms with Crippen molar-refractivity contribution in [2.45, 2.75) is 63.6 Å². The first-order valence-electron chi connectivity index (χ1n) is 10.8. The Hall–Kier alpha value is -2.90. The van der Waals surface area contributed by atoms with Gasteiger partial charge in [-0.3, -0.25) is 14.4 Å². The molecule has 160 valence electrons. The summed E-state index contributed by atoms with van der Waals surface area (Å²) < 4.78 is 3.20. The zero-order chi connectivity index (χ0) is 21.1. The van der Waals surface area contributed by atoms with Gasteiger partial charge in [0.2, 0.25) is 5.91 Å². The topological polar surface area (TPSA) is 98.0 Å². The van der Waals surface area contributed by atoms with Crippen molar-refractivity contribution in [3.05, 3.63) is 52.5 Å². The van der Waals surface area contributed by atoms with Crippen LogP contribution in [0.5, 0.6) is 0 Å². The summed E-state index contributed by atoms with van der Waals surface area (Å²) in [5.41, 5.74) is -0.411. The largest absolute Gasteiger partial charge is 0.352 e. The zero-order valence-electron chi connectivity index (χ0n) is 17.3. The SMILES string of the molecule is Cn1ccnc1C(NC(=O)c1cccn(CC(=O)NC2CCCCC2)c1=O)C1CC1. The summed E-state index contributed by atoms with van der Waals surface area (Å²) in [4.78, 5) is 42.5. The van der Waals surface area contributed by atoms with Crippen LogP contribution in [-0.2, 0) is 18.4 Å². The number of aromatic nitrogens is 3. The second kappa shape index (κ2) is 8.85. The lowest BCUT2D eigenvalue weighted by atomic mass is 9.95. The Kier molecular flexibility index (Phi) is 6.01. The normalized spacial score (nSPS) is 18.0. The van der Waals surface area contributed by atoms with Gasteiger partial charge in [-0.2, -0.15) is 0 Å². The molecule has 2 aliphatic rings. The number of nitrogens with zero attached hydrogens (tertiary/aromatic N) is 3. The third-order valence-electron chi connectivity index (χ3n) is 6.07. The first-order chi connectivity index (χ1) is 14.5. The first-order valence-corrected chi connectivity index (χ1v) is 10.8. The van der Waals surface area contributed by atoms with Gasteiger partial charge in [0.1, 0.15) is 17.9 Å². The predicted molar refractivity (Wildman–Crippen MR) is 112 cm³/mol. The number of nitrogens with one attached hydrogen (secondary N) is 2. The highest BCUT2D eigenvalue weighted by Crippen LogP contribution is 2.40. The number of amides is 2. The molecule has 8 heteroatoms. The average Bonchev–Trinajstić information content (AvgIpc) is 3.49. The average molecular weight is 412 g/mol. The fourth-order valence-corrected chi connectivity index (χ4v) is 4.23. The minimum Gasteiger partial charge on any atom is -0.352 e. The van der Waals surface area contributed by atoms with Gasteiger partial charge in [0.15, 0.2) is 0 Å². The monoisotopic (exact) mass is 411 g/mol. The lowest BCUT2D eigenvalue weighted by molar-refractivity contribution is -0.122. The van der Waals surface area contributed by atoms with Gasteiger partial charge in [-0.25, -0.2) is 4.98 Å². The smallest absolute Gasteiger partial charge is 0.263 e. The van der Waals surface area contributed by atoms with Crippen molar-refractivity contribution in [2.75, 3.05) is 0 Å². The van der Waals surface area contributed by atoms with Gasteiger partial charge in [0.05, 0.1) is 6.04 Å². The van der Waals surface area contributed by atoms with Crippen molar-refractivity contribution >= 4 is 11.8 Å². The van der Waals surface area contributed by atoms with E-state index in [0.29, 0.717) is 5.92 Å². The zero-order valence-corrected chi connectivity index (χ0v) is 17.3. The van der Waals surface area contributed by atoms with Crippen molar-refractivity contribution < 1.29 is 9.59 Å². The Morgan fingerprint density at radius 2 is 1.93 bits per heavy atom. The Morgan fingerprint density at radius 3 is 2.60 bits per heavy atom. The number of carbonyl (C=O) groups is 2. The van der Waals surface area contributed by atoms with Crippen LogP contribution in [0, 0.1) is 5.92 Å². The van der Waals surface area contributed by atoms with Crippen LogP contribution in [0.3, 0.4) is 0 Å². The van der Waals surface area contributed by atoms with Gasteiger partial charge < -0.3 is 19.8 Å². The van der Waals surface area contributed by atoms with Crippen molar-refractivity contribution in [1.82, 2.24) is 24.8 Å². The van der Waals surface area contributed by atoms with Crippen LogP contribution in [0.2, 0.25) is 0 Å². The molecule has 2 amide bonds. The Balaban J connectivity index is 1.45. The molecule has 0 aromatic carbocycles. The minimum atomic E-state index is -0.455. The molecule has 0 spiro atoms. The molecule has 2 saturated carbocycles. The number of carbonyl (C=O) groups excluding carboxylic acids is 2. The first kappa shape index (κ1) is 20.4. The Morgan fingerprint density at radius 1 is 1.17 bits per heavy atom. The molecule has 2 aliphatic carbocycles. The summed E-state index contributed by atoms with van der Waals surface area (Å²) in [5, 5.41) is 6.00. The van der Waals surface area contributed by atoms with Gasteiger partial charge in [0, 0.05) is 31.7 Å². The molecule has 30 heavy (non-hydrogen) atoms. The fourth-order valence-electron chi connectivity index (χ4n) is 4.23. The van der Waals surface area contributed by atoms with Gasteiger partial charge >= 0.3 is 0 Å². The van der Waals surface area contributed by atoms with Crippen LogP contribution < -0.4 is 16.2 Å². The van der Waals surface area contributed by atoms with Crippen LogP contribution in [0.15, 0.2) is 35.5 Å². The van der Waals surface area contributed by atoms with Gasteiger partial charge in [-0.05, 0) is 43.7 Å². The number of pyridine rings is 1. The molecule has 2 fully saturated rings. The molecule has 2 heterocycles. The Labute approximate surface area is 175 Å². The van der Waals surface area contributed by atoms with Crippen LogP contribution in [0.25, 0.3) is 0 Å². The molecular weight excluding hydrogens is 382 g/mol. The Bertz CT molecular complexity index is 969. The van der Waals surface area contributed by atoms with Crippen molar-refractivity contribution in [3.8, 4) is 0 Å². The molecule has 0 bridgehead atoms. The van der Waals surface area contributed by atoms with E-state index < -0.39 is 11.5 Å². The third kappa shape index (κ3) is 4.63. The maximum atomic E-state index is 12.9. The van der Waals surface area contributed by atoms with Crippen LogP contribution in [0.1, 0.15) is 67.2 Å². The van der Waals surface area contributed by atoms with Gasteiger partial charge in [-0.1, -0.05) is 19.3 Å². The van der Waals surface area contributed by atoms with Crippen molar-refractivity contribution in [3.63, 3.8) is 0 Å². The van der Waals surface area contributed by atoms with E-state index in [1.165, 1.54) is 17.1 Å². The molecule has 1 unspecified atom stereocenters. The summed E-state index contributed by atoms with van der Waals surface area (Å²) in [6, 6.07) is 3.11. The standard InChI is InChI=1S/C22H29N5O3/c1-26-13-11-23-20(26)19(15-9-10-15)25-21(29)17-8-5-12-27(22(17)30)14-18(28)24-16-6-3-2-4-7-16/h5,8,11-13,15-16,19H,2-4,6-7,9-10,14H2,1H3,(H,24,28)(H,25,29). The van der Waals surface area contributed by atoms with Crippen molar-refractivity contribution in [1.29, 1.82) is 0 Å². The molecule has 1 atom stereocenters. The number of hydrogen-bond acceptors (Lipinski definition) is 4. The van der Waals surface area contributed by atoms with E-state index in [4.69, 9.17) is 0 Å². The lowest BCUT2D eigenvalue weighted by Crippen LogP contribution is -2.41. The molecule has 2 aromatic heterocycles. The second-order valence-electron chi connectivity index (χ2n) is 8.44. The number of rotatable bonds is 7. The molecule has 2 aromatic rings. The van der Waals surface area contributed by atoms with E-state index in [1.54, 1.807) is 18.5 Å². The predicted octanol–water partition coefficient (Wildman–Crippen LogP) is 1.91. The van der Waals surface area contributed by atoms with Gasteiger partial charge in [-0.15, -0.1) is 0 Å². The fraction of sp³-hybridized carbons (Fsp3) is 0.545. The summed E-state index contributed by atoms with van der Waals surface area (Å²) in [5.74, 6) is 0.503. The van der Waals surface area contributed by atoms with E-state index in [-0.39, 0.29) is 30.1 Å². The third-order valence-corrected chi connectivity index (χ3v) is 6.07. The molecular formula is C22H29N5O3. The lowest BCUT2D eigenvalue weighted by Gasteiger charge is -2.23. The van der Waals surface area contributed by atoms with E-state index in [2.05, 4.69) is 15.6 Å². The minimum absolute atomic E-state index is 0.0443. The van der Waals surface area contributed by atoms with E-state index in [9.17, 15) is 14.4 Å². The maximum Gasteiger partial charge on any atom is 0.263 e. The molecule has 4 rings (SSSR count). The molecule has 8 nitrogen and oxygen atoms in total. The quantitative estimate of drug-likeness (QED) is 0.727. The van der Waals surface area contributed by atoms with E-state index in [0.717, 1.165) is 44.3 Å². The molecule has 2 N–H and O–H groups in total. The van der Waals surface area contributed by atoms with Gasteiger partial charge in [0.25, 0.3) is 11.5 Å². The maximum absolute atomic E-state index is 12.9. The number of aryl methyl sites for hydroxylation is 1. The molecule has 0 aliphatic heterocycles. The summed E-state index contributed by atoms with van der Waals surface area (Å²) in [6.07, 6.45) is 12.6. The highest BCUT2D eigenvalue weighted by molar-refractivity contribution is 5.94. The number of imidazole rings is 1. The van der Waals surface area contributed by atoms with Crippen LogP contribution in [-0.4, -0.2) is 32.0 Å². The highest BCUT2D eigenvalue weighted by atomic mass is 16.2. The summed E-state index contributed by atoms with van der Waals surface area (Å²) in [6.45, 7) is -0.0815. The van der Waals surface area contributed by atoms with E-state index >= 15 is 0 Å². The summed E-state index contributed by atoms with van der Waals surface area (Å²) >= 11 is 0.